The Kier molecular flexibility index (Phi) is 5.64. The van der Waals surface area contributed by atoms with E-state index in [2.05, 4.69) is 59.0 Å². The van der Waals surface area contributed by atoms with E-state index >= 15 is 0 Å². The Bertz CT molecular complexity index is 574. The molecular formula is C16H19BrN2S. The standard InChI is InChI=1S/C16H19BrN2S/c1-3-14(18)15(12-7-4-6-11(2)10-12)20-16-13(17)8-5-9-19-16/h4-10,14-15H,3,18H2,1-2H3. The van der Waals surface area contributed by atoms with Gasteiger partial charge >= 0.3 is 0 Å². The fourth-order valence-corrected chi connectivity index (χ4v) is 3.77. The van der Waals surface area contributed by atoms with Gasteiger partial charge in [0, 0.05) is 16.7 Å². The van der Waals surface area contributed by atoms with Gasteiger partial charge in [0.2, 0.25) is 0 Å². The van der Waals surface area contributed by atoms with E-state index in [1.165, 1.54) is 11.1 Å². The van der Waals surface area contributed by atoms with Crippen molar-refractivity contribution < 1.29 is 0 Å². The first-order chi connectivity index (χ1) is 9.61. The van der Waals surface area contributed by atoms with Crippen LogP contribution in [0.3, 0.4) is 0 Å². The van der Waals surface area contributed by atoms with Gasteiger partial charge in [-0.05, 0) is 47.0 Å². The molecule has 0 fully saturated rings. The van der Waals surface area contributed by atoms with Gasteiger partial charge in [0.25, 0.3) is 0 Å². The van der Waals surface area contributed by atoms with Gasteiger partial charge in [0.1, 0.15) is 5.03 Å². The molecule has 2 rings (SSSR count). The van der Waals surface area contributed by atoms with E-state index in [0.29, 0.717) is 0 Å². The normalized spacial score (nSPS) is 14.0. The van der Waals surface area contributed by atoms with Gasteiger partial charge in [-0.1, -0.05) is 48.5 Å². The summed E-state index contributed by atoms with van der Waals surface area (Å²) in [5, 5.41) is 1.20. The van der Waals surface area contributed by atoms with Crippen molar-refractivity contribution in [2.45, 2.75) is 36.6 Å². The lowest BCUT2D eigenvalue weighted by atomic mass is 10.0. The molecule has 2 nitrogen and oxygen atoms in total. The predicted octanol–water partition coefficient (Wildman–Crippen LogP) is 4.72. The van der Waals surface area contributed by atoms with Crippen molar-refractivity contribution in [2.75, 3.05) is 0 Å². The lowest BCUT2D eigenvalue weighted by molar-refractivity contribution is 0.633. The average molecular weight is 351 g/mol. The number of thioether (sulfide) groups is 1. The van der Waals surface area contributed by atoms with Crippen LogP contribution in [-0.2, 0) is 0 Å². The van der Waals surface area contributed by atoms with Crippen molar-refractivity contribution >= 4 is 27.7 Å². The molecule has 1 aromatic heterocycles. The molecule has 2 atom stereocenters. The third kappa shape index (κ3) is 3.84. The highest BCUT2D eigenvalue weighted by Crippen LogP contribution is 2.40. The van der Waals surface area contributed by atoms with Crippen LogP contribution in [0.5, 0.6) is 0 Å². The summed E-state index contributed by atoms with van der Waals surface area (Å²) in [7, 11) is 0. The molecule has 2 unspecified atom stereocenters. The van der Waals surface area contributed by atoms with Crippen LogP contribution in [0.4, 0.5) is 0 Å². The maximum absolute atomic E-state index is 6.33. The van der Waals surface area contributed by atoms with Crippen molar-refractivity contribution in [3.8, 4) is 0 Å². The van der Waals surface area contributed by atoms with Crippen LogP contribution in [0.15, 0.2) is 52.1 Å². The van der Waals surface area contributed by atoms with Gasteiger partial charge in [-0.3, -0.25) is 0 Å². The number of aromatic nitrogens is 1. The van der Waals surface area contributed by atoms with Crippen LogP contribution in [0.25, 0.3) is 0 Å². The summed E-state index contributed by atoms with van der Waals surface area (Å²) in [6.07, 6.45) is 2.76. The lowest BCUT2D eigenvalue weighted by Crippen LogP contribution is -2.25. The molecule has 0 aliphatic carbocycles. The van der Waals surface area contributed by atoms with Crippen molar-refractivity contribution in [1.82, 2.24) is 4.98 Å². The van der Waals surface area contributed by atoms with Crippen molar-refractivity contribution in [3.05, 3.63) is 58.2 Å². The zero-order chi connectivity index (χ0) is 14.5. The highest BCUT2D eigenvalue weighted by molar-refractivity contribution is 9.10. The third-order valence-corrected chi connectivity index (χ3v) is 5.52. The number of nitrogens with zero attached hydrogens (tertiary/aromatic N) is 1. The smallest absolute Gasteiger partial charge is 0.111 e. The second-order valence-corrected chi connectivity index (χ2v) is 6.80. The third-order valence-electron chi connectivity index (χ3n) is 3.19. The number of hydrogen-bond donors (Lipinski definition) is 1. The minimum absolute atomic E-state index is 0.107. The van der Waals surface area contributed by atoms with Crippen LogP contribution in [0.2, 0.25) is 0 Å². The first-order valence-corrected chi connectivity index (χ1v) is 8.38. The number of pyridine rings is 1. The molecule has 106 valence electrons. The van der Waals surface area contributed by atoms with Gasteiger partial charge in [0.05, 0.1) is 5.25 Å². The minimum atomic E-state index is 0.107. The first-order valence-electron chi connectivity index (χ1n) is 6.71. The number of rotatable bonds is 5. The Morgan fingerprint density at radius 2 is 2.10 bits per heavy atom. The van der Waals surface area contributed by atoms with Crippen LogP contribution in [0.1, 0.15) is 29.7 Å². The minimum Gasteiger partial charge on any atom is -0.326 e. The molecule has 1 aromatic carbocycles. The van der Waals surface area contributed by atoms with E-state index < -0.39 is 0 Å². The lowest BCUT2D eigenvalue weighted by Gasteiger charge is -2.23. The molecular weight excluding hydrogens is 332 g/mol. The highest BCUT2D eigenvalue weighted by Gasteiger charge is 2.21. The van der Waals surface area contributed by atoms with E-state index in [1.54, 1.807) is 11.8 Å². The Morgan fingerprint density at radius 1 is 1.30 bits per heavy atom. The molecule has 2 aromatic rings. The Morgan fingerprint density at radius 3 is 2.75 bits per heavy atom. The van der Waals surface area contributed by atoms with Crippen molar-refractivity contribution in [3.63, 3.8) is 0 Å². The summed E-state index contributed by atoms with van der Waals surface area (Å²) in [5.74, 6) is 0. The maximum atomic E-state index is 6.33. The van der Waals surface area contributed by atoms with Crippen molar-refractivity contribution in [1.29, 1.82) is 0 Å². The SMILES string of the molecule is CCC(N)C(Sc1ncccc1Br)c1cccc(C)c1. The zero-order valence-corrected chi connectivity index (χ0v) is 14.1. The van der Waals surface area contributed by atoms with Gasteiger partial charge in [-0.15, -0.1) is 0 Å². The number of nitrogens with two attached hydrogens (primary N) is 1. The maximum Gasteiger partial charge on any atom is 0.111 e. The molecule has 4 heteroatoms. The van der Waals surface area contributed by atoms with Crippen LogP contribution in [0, 0.1) is 6.92 Å². The van der Waals surface area contributed by atoms with E-state index in [9.17, 15) is 0 Å². The topological polar surface area (TPSA) is 38.9 Å². The van der Waals surface area contributed by atoms with Gasteiger partial charge in [0.15, 0.2) is 0 Å². The summed E-state index contributed by atoms with van der Waals surface area (Å²) in [6.45, 7) is 4.24. The molecule has 0 aliphatic heterocycles. The Hall–Kier alpha value is -0.840. The molecule has 1 heterocycles. The van der Waals surface area contributed by atoms with Gasteiger partial charge in [-0.2, -0.15) is 0 Å². The van der Waals surface area contributed by atoms with E-state index in [-0.39, 0.29) is 11.3 Å². The van der Waals surface area contributed by atoms with Crippen LogP contribution >= 0.6 is 27.7 Å². The summed E-state index contributed by atoms with van der Waals surface area (Å²) < 4.78 is 1.02. The van der Waals surface area contributed by atoms with Crippen LogP contribution < -0.4 is 5.73 Å². The van der Waals surface area contributed by atoms with Crippen molar-refractivity contribution in [2.24, 2.45) is 5.73 Å². The molecule has 0 aliphatic rings. The van der Waals surface area contributed by atoms with E-state index in [0.717, 1.165) is 15.9 Å². The quantitative estimate of drug-likeness (QED) is 0.792. The summed E-state index contributed by atoms with van der Waals surface area (Å²) >= 11 is 5.29. The van der Waals surface area contributed by atoms with E-state index in [4.69, 9.17) is 5.73 Å². The molecule has 0 bridgehead atoms. The fourth-order valence-electron chi connectivity index (χ4n) is 2.04. The predicted molar refractivity (Wildman–Crippen MR) is 90.0 cm³/mol. The first kappa shape index (κ1) is 15.5. The summed E-state index contributed by atoms with van der Waals surface area (Å²) in [6, 6.07) is 12.6. The Labute approximate surface area is 133 Å². The molecule has 2 N–H and O–H groups in total. The Balaban J connectivity index is 2.31. The number of hydrogen-bond acceptors (Lipinski definition) is 3. The molecule has 0 saturated heterocycles. The summed E-state index contributed by atoms with van der Waals surface area (Å²) in [5.41, 5.74) is 8.86. The molecule has 0 radical (unpaired) electrons. The number of halogens is 1. The number of benzene rings is 1. The van der Waals surface area contributed by atoms with Gasteiger partial charge in [-0.25, -0.2) is 4.98 Å². The second kappa shape index (κ2) is 7.25. The second-order valence-electron chi connectivity index (χ2n) is 4.82. The number of aryl methyl sites for hydroxylation is 1. The molecule has 0 spiro atoms. The average Bonchev–Trinajstić information content (AvgIpc) is 2.45. The monoisotopic (exact) mass is 350 g/mol. The fraction of sp³-hybridized carbons (Fsp3) is 0.312. The van der Waals surface area contributed by atoms with Crippen LogP contribution in [-0.4, -0.2) is 11.0 Å². The molecule has 20 heavy (non-hydrogen) atoms. The van der Waals surface area contributed by atoms with E-state index in [1.807, 2.05) is 18.3 Å². The summed E-state index contributed by atoms with van der Waals surface area (Å²) in [4.78, 5) is 4.44. The molecule has 0 amide bonds. The van der Waals surface area contributed by atoms with Gasteiger partial charge < -0.3 is 5.73 Å². The molecule has 0 saturated carbocycles. The zero-order valence-electron chi connectivity index (χ0n) is 11.7. The highest BCUT2D eigenvalue weighted by atomic mass is 79.9. The largest absolute Gasteiger partial charge is 0.326 e.